The number of anilines is 1. The van der Waals surface area contributed by atoms with E-state index in [9.17, 15) is 4.79 Å². The Balaban J connectivity index is 1.25. The maximum atomic E-state index is 16.8. The van der Waals surface area contributed by atoms with Crippen LogP contribution in [0.4, 0.5) is 5.82 Å². The zero-order valence-electron chi connectivity index (χ0n) is 46.3. The number of ether oxygens (including phenoxy) is 7. The van der Waals surface area contributed by atoms with Crippen molar-refractivity contribution in [2.24, 2.45) is 0 Å². The third kappa shape index (κ3) is 11.9. The molecule has 2 unspecified atom stereocenters. The number of Topliss-reactive ketones (excluding diaryl/α,β-unsaturated/α-hetero) is 1. The van der Waals surface area contributed by atoms with E-state index < -0.39 is 67.9 Å². The molecular formula is C60H70N7O12P. The summed E-state index contributed by atoms with van der Waals surface area (Å²) in [6, 6.07) is 38.8. The van der Waals surface area contributed by atoms with E-state index in [1.807, 2.05) is 113 Å². The molecule has 0 spiro atoms. The number of aromatic nitrogens is 4. The van der Waals surface area contributed by atoms with E-state index in [-0.39, 0.29) is 48.3 Å². The number of amides is 1. The average molecular weight is 1110 g/mol. The number of imidazole rings is 1. The van der Waals surface area contributed by atoms with Crippen molar-refractivity contribution in [1.82, 2.24) is 29.1 Å². The van der Waals surface area contributed by atoms with E-state index in [4.69, 9.17) is 47.9 Å². The summed E-state index contributed by atoms with van der Waals surface area (Å²) in [6.45, 7) is 8.02. The summed E-state index contributed by atoms with van der Waals surface area (Å²) in [5, 5.41) is 0. The molecule has 0 saturated carbocycles. The number of benzene rings is 5. The van der Waals surface area contributed by atoms with Gasteiger partial charge in [-0.2, -0.15) is 0 Å². The van der Waals surface area contributed by atoms with Gasteiger partial charge in [0.25, 0.3) is 5.91 Å². The number of hydrogen-bond acceptors (Lipinski definition) is 16. The molecule has 7 aromatic rings. The molecule has 2 N–H and O–H groups in total. The molecule has 19 nitrogen and oxygen atoms in total. The number of likely N-dealkylation sites (tertiary alicyclic amines) is 1. The number of nitrogens with two attached hydrogens (primary N) is 1. The first-order valence-corrected chi connectivity index (χ1v) is 28.2. The largest absolute Gasteiger partial charge is 0.497 e. The zero-order valence-corrected chi connectivity index (χ0v) is 47.2. The average Bonchev–Trinajstić information content (AvgIpc) is 4.31. The Morgan fingerprint density at radius 1 is 0.725 bits per heavy atom. The van der Waals surface area contributed by atoms with Gasteiger partial charge in [-0.25, -0.2) is 24.2 Å². The van der Waals surface area contributed by atoms with Crippen molar-refractivity contribution < 1.29 is 56.4 Å². The Kier molecular flexibility index (Phi) is 18.4. The summed E-state index contributed by atoms with van der Waals surface area (Å²) in [4.78, 5) is 45.5. The highest BCUT2D eigenvalue weighted by atomic mass is 31.2. The maximum Gasteiger partial charge on any atom is 0.409 e. The molecule has 20 heteroatoms. The lowest BCUT2D eigenvalue weighted by Gasteiger charge is -2.42. The summed E-state index contributed by atoms with van der Waals surface area (Å²) in [7, 11) is 1.67. The number of nitrogen functional groups attached to an aromatic ring is 1. The van der Waals surface area contributed by atoms with E-state index in [1.165, 1.54) is 12.7 Å². The summed E-state index contributed by atoms with van der Waals surface area (Å²) < 4.78 is 78.6. The van der Waals surface area contributed by atoms with Crippen molar-refractivity contribution in [1.29, 1.82) is 0 Å². The Labute approximate surface area is 466 Å². The van der Waals surface area contributed by atoms with Gasteiger partial charge in [-0.3, -0.25) is 23.2 Å². The molecule has 422 valence electrons. The molecule has 9 rings (SSSR count). The molecule has 0 bridgehead atoms. The van der Waals surface area contributed by atoms with Gasteiger partial charge in [0.1, 0.15) is 53.0 Å². The Morgan fingerprint density at radius 2 is 1.30 bits per heavy atom. The summed E-state index contributed by atoms with van der Waals surface area (Å²) in [5.74, 6) is 1.22. The van der Waals surface area contributed by atoms with Crippen molar-refractivity contribution >= 4 is 36.4 Å². The zero-order chi connectivity index (χ0) is 56.6. The van der Waals surface area contributed by atoms with Crippen LogP contribution in [0.2, 0.25) is 0 Å². The predicted octanol–water partition coefficient (Wildman–Crippen LogP) is 9.56. The van der Waals surface area contributed by atoms with Gasteiger partial charge in [-0.1, -0.05) is 84.9 Å². The molecular weight excluding hydrogens is 1040 g/mol. The molecule has 2 aliphatic heterocycles. The van der Waals surface area contributed by atoms with Gasteiger partial charge in [0.05, 0.1) is 53.5 Å². The van der Waals surface area contributed by atoms with Crippen LogP contribution in [0.15, 0.2) is 146 Å². The first kappa shape index (κ1) is 57.6. The Bertz CT molecular complexity index is 3150. The molecule has 4 heterocycles. The Hall–Kier alpha value is -7.06. The number of nitrogens with zero attached hydrogens (tertiary/aromatic N) is 6. The number of carbonyl (C=O) groups excluding carboxylic acids is 2. The molecule has 1 amide bonds. The van der Waals surface area contributed by atoms with Crippen LogP contribution in [0.1, 0.15) is 84.2 Å². The van der Waals surface area contributed by atoms with Crippen LogP contribution in [0.5, 0.6) is 17.2 Å². The number of carbonyl (C=O) groups is 2. The van der Waals surface area contributed by atoms with Crippen molar-refractivity contribution in [3.63, 3.8) is 0 Å². The van der Waals surface area contributed by atoms with Crippen LogP contribution >= 0.6 is 7.75 Å². The van der Waals surface area contributed by atoms with Crippen molar-refractivity contribution in [3.05, 3.63) is 174 Å². The molecule has 80 heavy (non-hydrogen) atoms. The maximum absolute atomic E-state index is 16.8. The smallest absolute Gasteiger partial charge is 0.409 e. The number of fused-ring (bicyclic) bond motifs is 1. The van der Waals surface area contributed by atoms with Gasteiger partial charge in [-0.05, 0) is 106 Å². The second kappa shape index (κ2) is 25.6. The minimum atomic E-state index is -4.62. The number of ketones is 1. The van der Waals surface area contributed by atoms with E-state index >= 15 is 9.36 Å². The van der Waals surface area contributed by atoms with Gasteiger partial charge < -0.3 is 43.8 Å². The lowest BCUT2D eigenvalue weighted by Crippen LogP contribution is -2.51. The molecule has 2 saturated heterocycles. The van der Waals surface area contributed by atoms with Gasteiger partial charge in [0.15, 0.2) is 29.6 Å². The third-order valence-corrected chi connectivity index (χ3v) is 17.1. The monoisotopic (exact) mass is 1110 g/mol. The van der Waals surface area contributed by atoms with Crippen LogP contribution in [0.25, 0.3) is 11.2 Å². The first-order valence-electron chi connectivity index (χ1n) is 26.7. The highest BCUT2D eigenvalue weighted by molar-refractivity contribution is 7.51. The Morgan fingerprint density at radius 3 is 1.88 bits per heavy atom. The second-order valence-corrected chi connectivity index (χ2v) is 22.0. The molecule has 0 radical (unpaired) electrons. The minimum Gasteiger partial charge on any atom is -0.497 e. The SMILES string of the molecule is COCCO[C@@H]1[C@H](OP(=O)(OC[C@H]2CCCN2C(=O)c2ccc(OC)cc2)N(C(C)C)C(C)C)[C@@H](C(OC(c2ccccc2)(c2ccc(OC)cc2)c2ccc(OC)cc2)C(=O)c2ccccc2)O[C@H]1n1cnc2c(N)ncnc21. The molecule has 0 aliphatic carbocycles. The van der Waals surface area contributed by atoms with Crippen LogP contribution in [-0.2, 0) is 38.2 Å². The van der Waals surface area contributed by atoms with E-state index in [0.717, 1.165) is 0 Å². The van der Waals surface area contributed by atoms with Crippen molar-refractivity contribution in [2.75, 3.05) is 60.5 Å². The number of methoxy groups -OCH3 is 4. The number of hydrogen-bond donors (Lipinski definition) is 1. The highest BCUT2D eigenvalue weighted by Crippen LogP contribution is 2.59. The van der Waals surface area contributed by atoms with Crippen LogP contribution in [0, 0.1) is 0 Å². The number of rotatable bonds is 25. The standard InChI is InChI=1S/C60H70N7O12P/c1-39(2)67(40(3)4)80(70,76-36-46-20-15-33-65(46)58(69)42-21-27-47(72-6)28-22-42)79-54-53(77-59(55(54)75-35-34-71-5)66-38-64-50-56(61)62-37-63-57(50)66)52(51(68)41-16-11-9-12-17-41)78-60(43-18-13-10-14-19-43,44-23-29-48(73-7)30-24-44)45-25-31-49(74-8)32-26-45/h9-14,16-19,21-32,37-40,46,52-55,59H,15,20,33-36H2,1-8H3,(H2,61,62,63)/t46-,52?,53-,54-,55-,59-,80?/m1/s1. The quantitative estimate of drug-likeness (QED) is 0.0244. The molecule has 2 aliphatic rings. The third-order valence-electron chi connectivity index (χ3n) is 14.6. The van der Waals surface area contributed by atoms with E-state index in [1.54, 1.807) is 91.1 Å². The topological polar surface area (TPSA) is 210 Å². The van der Waals surface area contributed by atoms with E-state index in [0.29, 0.717) is 58.9 Å². The fourth-order valence-electron chi connectivity index (χ4n) is 10.8. The lowest BCUT2D eigenvalue weighted by molar-refractivity contribution is -0.126. The van der Waals surface area contributed by atoms with Gasteiger partial charge in [-0.15, -0.1) is 0 Å². The molecule has 5 aromatic carbocycles. The second-order valence-electron chi connectivity index (χ2n) is 20.1. The fraction of sp³-hybridized carbons (Fsp3) is 0.383. The van der Waals surface area contributed by atoms with Gasteiger partial charge in [0.2, 0.25) is 0 Å². The normalized spacial score (nSPS) is 19.6. The summed E-state index contributed by atoms with van der Waals surface area (Å²) >= 11 is 0. The van der Waals surface area contributed by atoms with Crippen molar-refractivity contribution in [2.45, 2.75) is 94.9 Å². The lowest BCUT2D eigenvalue weighted by atomic mass is 9.79. The predicted molar refractivity (Wildman–Crippen MR) is 301 cm³/mol. The van der Waals surface area contributed by atoms with Crippen LogP contribution in [0.3, 0.4) is 0 Å². The van der Waals surface area contributed by atoms with Crippen molar-refractivity contribution in [3.8, 4) is 17.2 Å². The van der Waals surface area contributed by atoms with Gasteiger partial charge in [0, 0.05) is 36.9 Å². The first-order chi connectivity index (χ1) is 38.7. The summed E-state index contributed by atoms with van der Waals surface area (Å²) in [6.07, 6.45) is -2.91. The minimum absolute atomic E-state index is 0.00506. The van der Waals surface area contributed by atoms with Crippen LogP contribution < -0.4 is 19.9 Å². The highest BCUT2D eigenvalue weighted by Gasteiger charge is 2.58. The summed E-state index contributed by atoms with van der Waals surface area (Å²) in [5.41, 5.74) is 8.02. The fourth-order valence-corrected chi connectivity index (χ4v) is 13.2. The molecule has 2 fully saturated rings. The molecule has 2 aromatic heterocycles. The van der Waals surface area contributed by atoms with Crippen LogP contribution in [-0.4, -0.2) is 138 Å². The van der Waals surface area contributed by atoms with E-state index in [2.05, 4.69) is 15.0 Å². The molecule has 7 atom stereocenters. The van der Waals surface area contributed by atoms with Gasteiger partial charge >= 0.3 is 7.75 Å².